The molecule has 6 rings (SSSR count). The predicted molar refractivity (Wildman–Crippen MR) is 212 cm³/mol. The molecule has 1 aromatic heterocycles. The molecule has 3 aliphatic carbocycles. The standard InChI is InChI=1S/C43H53NO15S/c1-8-9-18-60-39(52)44-31(26-16-13-17-54-26)32(48)38(51)57-27-20-43(53)36(58-37(50)25-14-11-10-12-15-25)34-41(7,28(47)19-29-42(34,21-55-29)59-24(4)46)35(49)33(56-23(3)45)30(22(27)2)40(43,5)6/h10-17,27-29,31-34,36,47-48,53H,8-9,18-21H2,1-7H3,(H,44,52)/t27-,28-,29+,31-,32+,33+,34-,36-,41+,42-,43+/m0/s1. The van der Waals surface area contributed by atoms with Crippen molar-refractivity contribution in [2.75, 3.05) is 12.4 Å². The number of hydrogen-bond donors (Lipinski definition) is 4. The minimum atomic E-state index is -2.39. The molecule has 2 aromatic rings. The SMILES string of the molecule is CCCCSC(=O)N[C@@H](c1ccco1)[C@@H](O)C(=O)O[C@H]1C[C@@]2(O)[C@@H](OC(=O)c3ccccc3)[C@@H]3[C@]4(OC(C)=O)CO[C@@H]4C[C@H](O)[C@@]3(C)C(=O)[C@H](OC(C)=O)C(=C1C)C2(C)C. The van der Waals surface area contributed by atoms with Crippen molar-refractivity contribution in [2.45, 2.75) is 128 Å². The minimum Gasteiger partial charge on any atom is -0.467 e. The quantitative estimate of drug-likeness (QED) is 0.102. The van der Waals surface area contributed by atoms with Gasteiger partial charge in [0.15, 0.2) is 23.6 Å². The fraction of sp³-hybridized carbons (Fsp3) is 0.581. The first-order valence-electron chi connectivity index (χ1n) is 20.0. The largest absolute Gasteiger partial charge is 0.467 e. The topological polar surface area (TPSA) is 234 Å². The van der Waals surface area contributed by atoms with Gasteiger partial charge in [-0.3, -0.25) is 19.2 Å². The Morgan fingerprint density at radius 1 is 1.00 bits per heavy atom. The highest BCUT2D eigenvalue weighted by atomic mass is 32.2. The van der Waals surface area contributed by atoms with E-state index in [2.05, 4.69) is 5.32 Å². The van der Waals surface area contributed by atoms with Gasteiger partial charge in [0, 0.05) is 37.9 Å². The molecule has 16 nitrogen and oxygen atoms in total. The van der Waals surface area contributed by atoms with E-state index in [1.54, 1.807) is 32.0 Å². The van der Waals surface area contributed by atoms with Crippen molar-refractivity contribution in [1.29, 1.82) is 0 Å². The van der Waals surface area contributed by atoms with Gasteiger partial charge in [-0.05, 0) is 55.7 Å². The molecule has 0 spiro atoms. The number of aliphatic hydroxyl groups excluding tert-OH is 2. The summed E-state index contributed by atoms with van der Waals surface area (Å²) in [5.74, 6) is -5.74. The Morgan fingerprint density at radius 2 is 1.70 bits per heavy atom. The van der Waals surface area contributed by atoms with Gasteiger partial charge in [-0.2, -0.15) is 0 Å². The van der Waals surface area contributed by atoms with E-state index in [1.165, 1.54) is 44.4 Å². The van der Waals surface area contributed by atoms with Gasteiger partial charge < -0.3 is 48.7 Å². The molecule has 2 heterocycles. The number of benzene rings is 1. The summed E-state index contributed by atoms with van der Waals surface area (Å²) in [5, 5.41) is 39.3. The van der Waals surface area contributed by atoms with Crippen LogP contribution in [-0.2, 0) is 42.9 Å². The number of nitrogens with one attached hydrogen (secondary N) is 1. The molecule has 4 aliphatic rings. The number of aliphatic hydroxyl groups is 3. The van der Waals surface area contributed by atoms with E-state index >= 15 is 4.79 Å². The molecule has 1 aromatic carbocycles. The molecule has 1 amide bonds. The second-order valence-corrected chi connectivity index (χ2v) is 17.8. The lowest BCUT2D eigenvalue weighted by Crippen LogP contribution is -2.82. The molecule has 326 valence electrons. The van der Waals surface area contributed by atoms with Gasteiger partial charge >= 0.3 is 23.9 Å². The fourth-order valence-corrected chi connectivity index (χ4v) is 10.4. The van der Waals surface area contributed by atoms with Crippen LogP contribution in [0.15, 0.2) is 64.3 Å². The van der Waals surface area contributed by atoms with E-state index in [-0.39, 0.29) is 35.5 Å². The Hall–Kier alpha value is -4.55. The van der Waals surface area contributed by atoms with Gasteiger partial charge in [-0.1, -0.05) is 57.2 Å². The van der Waals surface area contributed by atoms with Crippen molar-refractivity contribution >= 4 is 46.7 Å². The number of thioether (sulfide) groups is 1. The van der Waals surface area contributed by atoms with Crippen LogP contribution in [0, 0.1) is 16.7 Å². The van der Waals surface area contributed by atoms with Gasteiger partial charge in [0.1, 0.15) is 35.7 Å². The number of ketones is 1. The van der Waals surface area contributed by atoms with Crippen molar-refractivity contribution < 1.29 is 72.2 Å². The maximum absolute atomic E-state index is 15.4. The molecule has 4 N–H and O–H groups in total. The molecule has 17 heteroatoms. The average molecular weight is 856 g/mol. The summed E-state index contributed by atoms with van der Waals surface area (Å²) in [6.07, 6.45) is -7.64. The van der Waals surface area contributed by atoms with E-state index in [9.17, 15) is 39.3 Å². The van der Waals surface area contributed by atoms with E-state index in [4.69, 9.17) is 28.1 Å². The number of Topliss-reactive ketones (excluding diaryl/α,β-unsaturated/α-hetero) is 1. The summed E-state index contributed by atoms with van der Waals surface area (Å²) in [6, 6.07) is 9.39. The Kier molecular flexibility index (Phi) is 12.8. The number of furan rings is 1. The third-order valence-corrected chi connectivity index (χ3v) is 13.7. The van der Waals surface area contributed by atoms with E-state index in [0.717, 1.165) is 38.5 Å². The molecule has 60 heavy (non-hydrogen) atoms. The van der Waals surface area contributed by atoms with Crippen molar-refractivity contribution in [3.8, 4) is 0 Å². The molecular weight excluding hydrogens is 803 g/mol. The summed E-state index contributed by atoms with van der Waals surface area (Å²) in [5.41, 5.74) is -7.63. The molecule has 0 radical (unpaired) electrons. The molecule has 2 saturated carbocycles. The summed E-state index contributed by atoms with van der Waals surface area (Å²) >= 11 is 0.964. The smallest absolute Gasteiger partial charge is 0.338 e. The number of ether oxygens (including phenoxy) is 5. The summed E-state index contributed by atoms with van der Waals surface area (Å²) < 4.78 is 35.6. The van der Waals surface area contributed by atoms with Gasteiger partial charge in [0.25, 0.3) is 5.24 Å². The number of amides is 1. The minimum absolute atomic E-state index is 0.00638. The maximum Gasteiger partial charge on any atom is 0.338 e. The highest BCUT2D eigenvalue weighted by molar-refractivity contribution is 8.13. The zero-order chi connectivity index (χ0) is 43.9. The Bertz CT molecular complexity index is 2020. The predicted octanol–water partition coefficient (Wildman–Crippen LogP) is 4.14. The van der Waals surface area contributed by atoms with Gasteiger partial charge in [0.05, 0.1) is 35.9 Å². The first-order chi connectivity index (χ1) is 28.2. The lowest BCUT2D eigenvalue weighted by Gasteiger charge is -2.67. The molecule has 0 unspecified atom stereocenters. The second kappa shape index (κ2) is 17.1. The van der Waals surface area contributed by atoms with Crippen LogP contribution in [-0.4, -0.2) is 110 Å². The normalized spacial score (nSPS) is 32.7. The average Bonchev–Trinajstić information content (AvgIpc) is 3.73. The zero-order valence-electron chi connectivity index (χ0n) is 34.6. The van der Waals surface area contributed by atoms with Crippen LogP contribution in [0.1, 0.15) is 96.3 Å². The summed E-state index contributed by atoms with van der Waals surface area (Å²) in [7, 11) is 0. The highest BCUT2D eigenvalue weighted by Crippen LogP contribution is 2.64. The number of hydrogen-bond acceptors (Lipinski definition) is 16. The fourth-order valence-electron chi connectivity index (χ4n) is 9.62. The lowest BCUT2D eigenvalue weighted by molar-refractivity contribution is -0.346. The number of carbonyl (C=O) groups excluding carboxylic acids is 6. The molecule has 11 atom stereocenters. The van der Waals surface area contributed by atoms with Crippen molar-refractivity contribution in [3.63, 3.8) is 0 Å². The molecular formula is C43H53NO15S. The van der Waals surface area contributed by atoms with Crippen LogP contribution in [0.3, 0.4) is 0 Å². The van der Waals surface area contributed by atoms with Crippen LogP contribution >= 0.6 is 11.8 Å². The number of esters is 4. The Morgan fingerprint density at radius 3 is 2.28 bits per heavy atom. The van der Waals surface area contributed by atoms with Crippen LogP contribution in [0.4, 0.5) is 4.79 Å². The van der Waals surface area contributed by atoms with Crippen molar-refractivity contribution in [2.24, 2.45) is 16.7 Å². The third kappa shape index (κ3) is 7.67. The number of unbranched alkanes of at least 4 members (excludes halogenated alkanes) is 1. The Labute approximate surface area is 351 Å². The van der Waals surface area contributed by atoms with E-state index in [1.807, 2.05) is 6.92 Å². The molecule has 2 bridgehead atoms. The van der Waals surface area contributed by atoms with Crippen molar-refractivity contribution in [3.05, 3.63) is 71.2 Å². The van der Waals surface area contributed by atoms with Crippen LogP contribution in [0.5, 0.6) is 0 Å². The number of rotatable bonds is 12. The first kappa shape index (κ1) is 45.0. The molecule has 1 aliphatic heterocycles. The highest BCUT2D eigenvalue weighted by Gasteiger charge is 2.78. The molecule has 1 saturated heterocycles. The van der Waals surface area contributed by atoms with E-state index in [0.29, 0.717) is 5.75 Å². The van der Waals surface area contributed by atoms with Gasteiger partial charge in [-0.25, -0.2) is 9.59 Å². The van der Waals surface area contributed by atoms with Gasteiger partial charge in [-0.15, -0.1) is 0 Å². The lowest BCUT2D eigenvalue weighted by atomic mass is 9.44. The monoisotopic (exact) mass is 855 g/mol. The summed E-state index contributed by atoms with van der Waals surface area (Å²) in [4.78, 5) is 82.6. The maximum atomic E-state index is 15.4. The second-order valence-electron chi connectivity index (χ2n) is 16.8. The van der Waals surface area contributed by atoms with Crippen LogP contribution in [0.2, 0.25) is 0 Å². The number of carbonyl (C=O) groups is 6. The molecule has 3 fully saturated rings. The van der Waals surface area contributed by atoms with Gasteiger partial charge in [0.2, 0.25) is 0 Å². The zero-order valence-corrected chi connectivity index (χ0v) is 35.4. The van der Waals surface area contributed by atoms with Crippen LogP contribution in [0.25, 0.3) is 0 Å². The van der Waals surface area contributed by atoms with Crippen LogP contribution < -0.4 is 5.32 Å². The Balaban J connectivity index is 1.52. The van der Waals surface area contributed by atoms with Crippen molar-refractivity contribution in [1.82, 2.24) is 5.32 Å². The first-order valence-corrected chi connectivity index (χ1v) is 21.0. The third-order valence-electron chi connectivity index (χ3n) is 12.9. The number of fused-ring (bicyclic) bond motifs is 5. The van der Waals surface area contributed by atoms with E-state index < -0.39 is 112 Å². The summed E-state index contributed by atoms with van der Waals surface area (Å²) in [6.45, 7) is 9.91.